The van der Waals surface area contributed by atoms with Crippen molar-refractivity contribution >= 4 is 48.0 Å². The summed E-state index contributed by atoms with van der Waals surface area (Å²) < 4.78 is 0. The summed E-state index contributed by atoms with van der Waals surface area (Å²) in [7, 11) is 0. The third-order valence-corrected chi connectivity index (χ3v) is 5.07. The number of hydrogen-bond acceptors (Lipinski definition) is 4. The van der Waals surface area contributed by atoms with E-state index in [4.69, 9.17) is 5.73 Å². The Balaban J connectivity index is 0.00000169. The zero-order chi connectivity index (χ0) is 16.9. The van der Waals surface area contributed by atoms with Crippen molar-refractivity contribution in [1.82, 2.24) is 5.32 Å². The molecule has 2 aliphatic rings. The molecular weight excluding hydrogens is 375 g/mol. The highest BCUT2D eigenvalue weighted by Crippen LogP contribution is 2.30. The Kier molecular flexibility index (Phi) is 9.19. The van der Waals surface area contributed by atoms with Crippen molar-refractivity contribution in [2.75, 3.05) is 36.4 Å². The lowest BCUT2D eigenvalue weighted by atomic mass is 9.95. The van der Waals surface area contributed by atoms with Gasteiger partial charge in [-0.2, -0.15) is 0 Å². The second-order valence-electron chi connectivity index (χ2n) is 6.71. The zero-order valence-corrected chi connectivity index (χ0v) is 16.4. The van der Waals surface area contributed by atoms with Crippen LogP contribution in [0.5, 0.6) is 0 Å². The van der Waals surface area contributed by atoms with E-state index in [-0.39, 0.29) is 48.5 Å². The molecule has 4 N–H and O–H groups in total. The lowest BCUT2D eigenvalue weighted by Gasteiger charge is -2.33. The fourth-order valence-corrected chi connectivity index (χ4v) is 3.57. The second-order valence-corrected chi connectivity index (χ2v) is 6.71. The van der Waals surface area contributed by atoms with Crippen molar-refractivity contribution in [3.05, 3.63) is 24.3 Å². The Morgan fingerprint density at radius 2 is 1.77 bits per heavy atom. The van der Waals surface area contributed by atoms with Crippen LogP contribution in [0.25, 0.3) is 0 Å². The summed E-state index contributed by atoms with van der Waals surface area (Å²) in [6.07, 6.45) is 3.51. The van der Waals surface area contributed by atoms with Crippen molar-refractivity contribution in [2.45, 2.75) is 25.7 Å². The molecule has 2 heterocycles. The van der Waals surface area contributed by atoms with Crippen LogP contribution in [0.3, 0.4) is 0 Å². The van der Waals surface area contributed by atoms with Crippen LogP contribution in [0.15, 0.2) is 24.3 Å². The molecule has 0 bridgehead atoms. The summed E-state index contributed by atoms with van der Waals surface area (Å²) in [4.78, 5) is 26.1. The van der Waals surface area contributed by atoms with E-state index >= 15 is 0 Å². The maximum Gasteiger partial charge on any atom is 0.228 e. The Morgan fingerprint density at radius 1 is 1.08 bits per heavy atom. The van der Waals surface area contributed by atoms with Gasteiger partial charge in [0, 0.05) is 25.6 Å². The first-order valence-corrected chi connectivity index (χ1v) is 8.80. The summed E-state index contributed by atoms with van der Waals surface area (Å²) >= 11 is 0. The normalized spacial score (nSPS) is 20.5. The fraction of sp³-hybridized carbons (Fsp3) is 0.556. The van der Waals surface area contributed by atoms with E-state index in [2.05, 4.69) is 15.5 Å². The van der Waals surface area contributed by atoms with Crippen LogP contribution in [-0.4, -0.2) is 38.0 Å². The van der Waals surface area contributed by atoms with Crippen molar-refractivity contribution < 1.29 is 9.59 Å². The molecule has 0 radical (unpaired) electrons. The number of nitrogens with one attached hydrogen (secondary N) is 2. The number of anilines is 2. The number of nitrogens with zero attached hydrogens (tertiary/aromatic N) is 1. The molecule has 0 saturated carbocycles. The van der Waals surface area contributed by atoms with Gasteiger partial charge >= 0.3 is 0 Å². The van der Waals surface area contributed by atoms with Gasteiger partial charge in [0.05, 0.1) is 17.3 Å². The summed E-state index contributed by atoms with van der Waals surface area (Å²) in [5.74, 6) is -0.119. The van der Waals surface area contributed by atoms with E-state index in [0.717, 1.165) is 63.2 Å². The number of halogens is 2. The molecule has 3 rings (SSSR count). The lowest BCUT2D eigenvalue weighted by molar-refractivity contribution is -0.122. The highest BCUT2D eigenvalue weighted by Gasteiger charge is 2.26. The average molecular weight is 403 g/mol. The highest BCUT2D eigenvalue weighted by atomic mass is 35.5. The molecule has 26 heavy (non-hydrogen) atoms. The third kappa shape index (κ3) is 5.50. The molecule has 0 spiro atoms. The largest absolute Gasteiger partial charge is 0.370 e. The molecule has 1 unspecified atom stereocenters. The SMILES string of the molecule is Cl.Cl.NC(=O)C1CCN(c2ccccc2NC(=O)C2CCCNC2)CC1. The van der Waals surface area contributed by atoms with Crippen LogP contribution in [0.2, 0.25) is 0 Å². The van der Waals surface area contributed by atoms with Gasteiger partial charge in [-0.1, -0.05) is 12.1 Å². The van der Waals surface area contributed by atoms with Crippen LogP contribution < -0.4 is 21.3 Å². The van der Waals surface area contributed by atoms with Crippen LogP contribution >= 0.6 is 24.8 Å². The van der Waals surface area contributed by atoms with E-state index in [1.54, 1.807) is 0 Å². The number of rotatable bonds is 4. The molecule has 0 aliphatic carbocycles. The van der Waals surface area contributed by atoms with Gasteiger partial charge in [-0.05, 0) is 44.4 Å². The van der Waals surface area contributed by atoms with Crippen LogP contribution in [0.1, 0.15) is 25.7 Å². The van der Waals surface area contributed by atoms with Gasteiger partial charge in [-0.15, -0.1) is 24.8 Å². The van der Waals surface area contributed by atoms with Gasteiger partial charge in [0.15, 0.2) is 0 Å². The number of para-hydroxylation sites is 2. The van der Waals surface area contributed by atoms with Crippen molar-refractivity contribution in [3.8, 4) is 0 Å². The highest BCUT2D eigenvalue weighted by molar-refractivity contribution is 5.96. The van der Waals surface area contributed by atoms with Crippen molar-refractivity contribution in [2.24, 2.45) is 17.6 Å². The minimum absolute atomic E-state index is 0. The molecule has 2 amide bonds. The molecule has 2 fully saturated rings. The smallest absolute Gasteiger partial charge is 0.228 e. The molecule has 6 nitrogen and oxygen atoms in total. The maximum atomic E-state index is 12.5. The van der Waals surface area contributed by atoms with Gasteiger partial charge in [0.2, 0.25) is 11.8 Å². The number of nitrogens with two attached hydrogens (primary N) is 1. The Bertz CT molecular complexity index is 601. The Hall–Kier alpha value is -1.50. The standard InChI is InChI=1S/C18H26N4O2.2ClH/c19-17(23)13-7-10-22(11-8-13)16-6-2-1-5-15(16)21-18(24)14-4-3-9-20-12-14;;/h1-2,5-6,13-14,20H,3-4,7-12H2,(H2,19,23)(H,21,24);2*1H. The van der Waals surface area contributed by atoms with Crippen molar-refractivity contribution in [3.63, 3.8) is 0 Å². The molecule has 1 aromatic rings. The van der Waals surface area contributed by atoms with Crippen LogP contribution in [-0.2, 0) is 9.59 Å². The van der Waals surface area contributed by atoms with E-state index < -0.39 is 0 Å². The monoisotopic (exact) mass is 402 g/mol. The Morgan fingerprint density at radius 3 is 2.38 bits per heavy atom. The second kappa shape index (κ2) is 10.6. The third-order valence-electron chi connectivity index (χ3n) is 5.07. The van der Waals surface area contributed by atoms with Gasteiger partial charge < -0.3 is 21.3 Å². The first kappa shape index (κ1) is 22.5. The van der Waals surface area contributed by atoms with Crippen LogP contribution in [0, 0.1) is 11.8 Å². The topological polar surface area (TPSA) is 87.5 Å². The number of carbonyl (C=O) groups excluding carboxylic acids is 2. The first-order chi connectivity index (χ1) is 11.6. The molecule has 0 aromatic heterocycles. The lowest BCUT2D eigenvalue weighted by Crippen LogP contribution is -2.39. The van der Waals surface area contributed by atoms with Gasteiger partial charge in [-0.25, -0.2) is 0 Å². The minimum atomic E-state index is -0.207. The number of benzene rings is 1. The molecular formula is C18H28Cl2N4O2. The molecule has 146 valence electrons. The van der Waals surface area contributed by atoms with Gasteiger partial charge in [0.25, 0.3) is 0 Å². The maximum absolute atomic E-state index is 12.5. The summed E-state index contributed by atoms with van der Waals surface area (Å²) in [6, 6.07) is 7.89. The molecule has 1 aromatic carbocycles. The molecule has 1 atom stereocenters. The van der Waals surface area contributed by atoms with E-state index in [9.17, 15) is 9.59 Å². The quantitative estimate of drug-likeness (QED) is 0.719. The van der Waals surface area contributed by atoms with E-state index in [0.29, 0.717) is 0 Å². The predicted octanol–water partition coefficient (Wildman–Crippen LogP) is 2.17. The Labute approximate surface area is 167 Å². The molecule has 8 heteroatoms. The molecule has 2 saturated heterocycles. The predicted molar refractivity (Wildman–Crippen MR) is 109 cm³/mol. The average Bonchev–Trinajstić information content (AvgIpc) is 2.63. The molecule has 2 aliphatic heterocycles. The zero-order valence-electron chi connectivity index (χ0n) is 14.8. The van der Waals surface area contributed by atoms with E-state index in [1.807, 2.05) is 24.3 Å². The summed E-state index contributed by atoms with van der Waals surface area (Å²) in [5.41, 5.74) is 7.29. The number of piperidine rings is 2. The first-order valence-electron chi connectivity index (χ1n) is 8.80. The minimum Gasteiger partial charge on any atom is -0.370 e. The summed E-state index contributed by atoms with van der Waals surface area (Å²) in [5, 5.41) is 6.38. The number of amides is 2. The summed E-state index contributed by atoms with van der Waals surface area (Å²) in [6.45, 7) is 3.31. The number of primary amides is 1. The number of hydrogen-bond donors (Lipinski definition) is 3. The van der Waals surface area contributed by atoms with Gasteiger partial charge in [0.1, 0.15) is 0 Å². The fourth-order valence-electron chi connectivity index (χ4n) is 3.57. The van der Waals surface area contributed by atoms with Crippen molar-refractivity contribution in [1.29, 1.82) is 0 Å². The number of carbonyl (C=O) groups is 2. The van der Waals surface area contributed by atoms with Gasteiger partial charge in [-0.3, -0.25) is 9.59 Å². The van der Waals surface area contributed by atoms with E-state index in [1.165, 1.54) is 0 Å². The van der Waals surface area contributed by atoms with Crippen LogP contribution in [0.4, 0.5) is 11.4 Å².